The number of rotatable bonds is 5. The Labute approximate surface area is 151 Å². The molecular formula is C18H27NO4S2. The summed E-state index contributed by atoms with van der Waals surface area (Å²) in [5.41, 5.74) is 1.07. The minimum Gasteiger partial charge on any atom is -0.309 e. The van der Waals surface area contributed by atoms with Crippen molar-refractivity contribution in [3.05, 3.63) is 29.8 Å². The number of sulfone groups is 2. The molecule has 0 aromatic heterocycles. The lowest BCUT2D eigenvalue weighted by molar-refractivity contribution is 0.449. The fourth-order valence-corrected chi connectivity index (χ4v) is 8.57. The molecule has 2 aliphatic rings. The average molecular weight is 386 g/mol. The predicted molar refractivity (Wildman–Crippen MR) is 99.3 cm³/mol. The van der Waals surface area contributed by atoms with E-state index in [9.17, 15) is 16.8 Å². The molecule has 1 aromatic rings. The Hall–Kier alpha value is -0.920. The number of nitrogens with one attached hydrogen (secondary N) is 1. The van der Waals surface area contributed by atoms with Gasteiger partial charge in [0.1, 0.15) is 0 Å². The van der Waals surface area contributed by atoms with Crippen LogP contribution in [0.3, 0.4) is 0 Å². The van der Waals surface area contributed by atoms with Gasteiger partial charge in [-0.2, -0.15) is 0 Å². The van der Waals surface area contributed by atoms with E-state index in [0.717, 1.165) is 31.2 Å². The standard InChI is InChI=1S/C18H27NO4S2/c1-13(2)14-7-9-16(10-8-14)25(22,23)18-12-24(20,21)11-17(18)19-15-5-3-4-6-15/h7-10,13,15,17-19H,3-6,11-12H2,1-2H3/t17-,18-/m0/s1. The zero-order valence-corrected chi connectivity index (χ0v) is 16.4. The maximum Gasteiger partial charge on any atom is 0.183 e. The van der Waals surface area contributed by atoms with Gasteiger partial charge < -0.3 is 5.32 Å². The van der Waals surface area contributed by atoms with Gasteiger partial charge in [0, 0.05) is 12.1 Å². The average Bonchev–Trinajstić information content (AvgIpc) is 3.15. The Balaban J connectivity index is 1.87. The van der Waals surface area contributed by atoms with E-state index in [4.69, 9.17) is 0 Å². The molecule has 1 aromatic carbocycles. The number of hydrogen-bond acceptors (Lipinski definition) is 5. The minimum absolute atomic E-state index is 0.0858. The molecule has 1 saturated carbocycles. The summed E-state index contributed by atoms with van der Waals surface area (Å²) in [6, 6.07) is 6.59. The highest BCUT2D eigenvalue weighted by Gasteiger charge is 2.46. The largest absolute Gasteiger partial charge is 0.309 e. The van der Waals surface area contributed by atoms with Crippen LogP contribution in [0, 0.1) is 0 Å². The summed E-state index contributed by atoms with van der Waals surface area (Å²) in [5, 5.41) is 2.43. The molecule has 5 nitrogen and oxygen atoms in total. The van der Waals surface area contributed by atoms with Crippen LogP contribution in [0.25, 0.3) is 0 Å². The molecule has 0 amide bonds. The van der Waals surface area contributed by atoms with Crippen molar-refractivity contribution < 1.29 is 16.8 Å². The molecule has 140 valence electrons. The first-order valence-electron chi connectivity index (χ1n) is 8.99. The van der Waals surface area contributed by atoms with Crippen LogP contribution in [-0.4, -0.2) is 45.7 Å². The Kier molecular flexibility index (Phi) is 5.28. The number of hydrogen-bond donors (Lipinski definition) is 1. The first-order chi connectivity index (χ1) is 11.7. The first-order valence-corrected chi connectivity index (χ1v) is 12.4. The van der Waals surface area contributed by atoms with Crippen LogP contribution in [0.15, 0.2) is 29.2 Å². The molecule has 1 N–H and O–H groups in total. The molecule has 1 aliphatic heterocycles. The van der Waals surface area contributed by atoms with Crippen molar-refractivity contribution in [1.82, 2.24) is 5.32 Å². The summed E-state index contributed by atoms with van der Waals surface area (Å²) in [5.74, 6) is -0.0521. The molecule has 1 saturated heterocycles. The molecule has 1 heterocycles. The highest BCUT2D eigenvalue weighted by molar-refractivity contribution is 7.96. The molecule has 1 aliphatic carbocycles. The van der Waals surface area contributed by atoms with Gasteiger partial charge in [-0.25, -0.2) is 16.8 Å². The van der Waals surface area contributed by atoms with Crippen LogP contribution in [0.5, 0.6) is 0 Å². The summed E-state index contributed by atoms with van der Waals surface area (Å²) < 4.78 is 50.5. The van der Waals surface area contributed by atoms with Crippen LogP contribution in [0.1, 0.15) is 51.0 Å². The van der Waals surface area contributed by atoms with Gasteiger partial charge in [-0.15, -0.1) is 0 Å². The molecule has 2 atom stereocenters. The maximum atomic E-state index is 13.1. The molecule has 0 radical (unpaired) electrons. The van der Waals surface area contributed by atoms with E-state index < -0.39 is 31.0 Å². The second-order valence-corrected chi connectivity index (χ2v) is 12.0. The molecule has 25 heavy (non-hydrogen) atoms. The highest BCUT2D eigenvalue weighted by Crippen LogP contribution is 2.29. The van der Waals surface area contributed by atoms with Gasteiger partial charge in [0.05, 0.1) is 21.7 Å². The third-order valence-electron chi connectivity index (χ3n) is 5.38. The van der Waals surface area contributed by atoms with Crippen LogP contribution in [0.4, 0.5) is 0 Å². The Morgan fingerprint density at radius 3 is 2.20 bits per heavy atom. The monoisotopic (exact) mass is 385 g/mol. The van der Waals surface area contributed by atoms with Crippen LogP contribution in [-0.2, 0) is 19.7 Å². The van der Waals surface area contributed by atoms with Gasteiger partial charge in [0.2, 0.25) is 0 Å². The third-order valence-corrected chi connectivity index (χ3v) is 9.55. The summed E-state index contributed by atoms with van der Waals surface area (Å²) >= 11 is 0. The SMILES string of the molecule is CC(C)c1ccc(S(=O)(=O)[C@H]2CS(=O)(=O)C[C@@H]2NC2CCCC2)cc1. The van der Waals surface area contributed by atoms with Crippen molar-refractivity contribution in [3.8, 4) is 0 Å². The van der Waals surface area contributed by atoms with Crippen LogP contribution >= 0.6 is 0 Å². The van der Waals surface area contributed by atoms with Gasteiger partial charge in [-0.3, -0.25) is 0 Å². The van der Waals surface area contributed by atoms with E-state index in [0.29, 0.717) is 5.92 Å². The lowest BCUT2D eigenvalue weighted by Gasteiger charge is -2.23. The molecular weight excluding hydrogens is 358 g/mol. The summed E-state index contributed by atoms with van der Waals surface area (Å²) in [7, 11) is -7.03. The lowest BCUT2D eigenvalue weighted by atomic mass is 10.0. The number of benzene rings is 1. The van der Waals surface area contributed by atoms with Gasteiger partial charge in [-0.05, 0) is 36.5 Å². The second-order valence-electron chi connectivity index (χ2n) is 7.64. The minimum atomic E-state index is -3.68. The van der Waals surface area contributed by atoms with Crippen molar-refractivity contribution in [2.24, 2.45) is 0 Å². The van der Waals surface area contributed by atoms with Crippen molar-refractivity contribution >= 4 is 19.7 Å². The molecule has 0 bridgehead atoms. The van der Waals surface area contributed by atoms with E-state index in [2.05, 4.69) is 19.2 Å². The molecule has 7 heteroatoms. The zero-order chi connectivity index (χ0) is 18.2. The van der Waals surface area contributed by atoms with Gasteiger partial charge in [0.25, 0.3) is 0 Å². The predicted octanol–water partition coefficient (Wildman–Crippen LogP) is 2.28. The van der Waals surface area contributed by atoms with Crippen molar-refractivity contribution in [3.63, 3.8) is 0 Å². The van der Waals surface area contributed by atoms with Crippen LogP contribution < -0.4 is 5.32 Å². The summed E-state index contributed by atoms with van der Waals surface area (Å²) in [6.45, 7) is 4.10. The zero-order valence-electron chi connectivity index (χ0n) is 14.8. The van der Waals surface area contributed by atoms with E-state index >= 15 is 0 Å². The second kappa shape index (κ2) is 7.00. The smallest absolute Gasteiger partial charge is 0.183 e. The third kappa shape index (κ3) is 4.09. The van der Waals surface area contributed by atoms with Gasteiger partial charge in [0.15, 0.2) is 19.7 Å². The topological polar surface area (TPSA) is 80.3 Å². The molecule has 3 rings (SSSR count). The quantitative estimate of drug-likeness (QED) is 0.841. The van der Waals surface area contributed by atoms with E-state index in [-0.39, 0.29) is 22.4 Å². The van der Waals surface area contributed by atoms with Crippen LogP contribution in [0.2, 0.25) is 0 Å². The molecule has 2 fully saturated rings. The van der Waals surface area contributed by atoms with Crippen molar-refractivity contribution in [1.29, 1.82) is 0 Å². The fourth-order valence-electron chi connectivity index (χ4n) is 3.89. The normalized spacial score (nSPS) is 27.2. The van der Waals surface area contributed by atoms with Gasteiger partial charge in [-0.1, -0.05) is 38.8 Å². The molecule has 0 spiro atoms. The van der Waals surface area contributed by atoms with Crippen molar-refractivity contribution in [2.45, 2.75) is 67.7 Å². The maximum absolute atomic E-state index is 13.1. The Morgan fingerprint density at radius 1 is 1.04 bits per heavy atom. The Morgan fingerprint density at radius 2 is 1.64 bits per heavy atom. The highest BCUT2D eigenvalue weighted by atomic mass is 32.2. The fraction of sp³-hybridized carbons (Fsp3) is 0.667. The van der Waals surface area contributed by atoms with E-state index in [1.54, 1.807) is 12.1 Å². The van der Waals surface area contributed by atoms with Crippen molar-refractivity contribution in [2.75, 3.05) is 11.5 Å². The van der Waals surface area contributed by atoms with Gasteiger partial charge >= 0.3 is 0 Å². The Bertz CT molecular complexity index is 807. The first kappa shape index (κ1) is 18.9. The summed E-state index contributed by atoms with van der Waals surface area (Å²) in [4.78, 5) is 0.220. The molecule has 0 unspecified atom stereocenters. The van der Waals surface area contributed by atoms with E-state index in [1.165, 1.54) is 0 Å². The summed E-state index contributed by atoms with van der Waals surface area (Å²) in [6.07, 6.45) is 4.22. The lowest BCUT2D eigenvalue weighted by Crippen LogP contribution is -2.47. The van der Waals surface area contributed by atoms with E-state index in [1.807, 2.05) is 12.1 Å².